The molecular weight excluding hydrogens is 679 g/mol. The molecule has 0 bridgehead atoms. The van der Waals surface area contributed by atoms with Gasteiger partial charge in [0.25, 0.3) is 11.8 Å². The van der Waals surface area contributed by atoms with E-state index in [0.717, 1.165) is 0 Å². The number of carbonyl (C=O) groups is 2. The summed E-state index contributed by atoms with van der Waals surface area (Å²) in [6.07, 6.45) is -13.6. The number of alkyl halides is 9. The Hall–Kier alpha value is -3.07. The third-order valence-corrected chi connectivity index (χ3v) is 6.56. The van der Waals surface area contributed by atoms with Crippen molar-refractivity contribution in [3.63, 3.8) is 0 Å². The number of anilines is 2. The molecule has 0 saturated heterocycles. The van der Waals surface area contributed by atoms with Crippen molar-refractivity contribution in [2.75, 3.05) is 10.6 Å². The van der Waals surface area contributed by atoms with Crippen LogP contribution in [0.2, 0.25) is 0 Å². The van der Waals surface area contributed by atoms with Crippen LogP contribution in [0.5, 0.6) is 0 Å². The molecule has 1 unspecified atom stereocenters. The lowest BCUT2D eigenvalue weighted by Gasteiger charge is -2.36. The maximum atomic E-state index is 14.9. The van der Waals surface area contributed by atoms with Crippen LogP contribution >= 0.6 is 31.9 Å². The third kappa shape index (κ3) is 5.78. The van der Waals surface area contributed by atoms with Gasteiger partial charge in [0.05, 0.1) is 16.9 Å². The largest absolute Gasteiger partial charge is 0.457 e. The average molecular weight is 692 g/mol. The van der Waals surface area contributed by atoms with Crippen LogP contribution in [0, 0.1) is 0 Å². The van der Waals surface area contributed by atoms with Crippen LogP contribution in [-0.2, 0) is 5.67 Å². The quantitative estimate of drug-likeness (QED) is 0.254. The van der Waals surface area contributed by atoms with Gasteiger partial charge in [-0.1, -0.05) is 30.3 Å². The average Bonchev–Trinajstić information content (AvgIpc) is 2.84. The van der Waals surface area contributed by atoms with Crippen LogP contribution in [0.3, 0.4) is 0 Å². The minimum atomic E-state index is -6.89. The molecule has 0 aliphatic heterocycles. The fourth-order valence-corrected chi connectivity index (χ4v) is 4.75. The Labute approximate surface area is 230 Å². The third-order valence-electron chi connectivity index (χ3n) is 5.31. The molecule has 1 atom stereocenters. The summed E-state index contributed by atoms with van der Waals surface area (Å²) in [5.74, 6) is -8.41. The first kappa shape index (κ1) is 30.5. The Morgan fingerprint density at radius 3 is 1.67 bits per heavy atom. The van der Waals surface area contributed by atoms with Crippen molar-refractivity contribution < 1.29 is 49.1 Å². The monoisotopic (exact) mass is 690 g/mol. The normalized spacial score (nSPS) is 13.9. The van der Waals surface area contributed by atoms with Crippen molar-refractivity contribution in [3.8, 4) is 0 Å². The maximum absolute atomic E-state index is 14.9. The molecule has 15 heteroatoms. The van der Waals surface area contributed by atoms with E-state index in [0.29, 0.717) is 0 Å². The molecule has 3 aromatic carbocycles. The Kier molecular flexibility index (Phi) is 8.46. The molecule has 0 fully saturated rings. The van der Waals surface area contributed by atoms with Crippen molar-refractivity contribution in [3.05, 3.63) is 92.4 Å². The van der Waals surface area contributed by atoms with Gasteiger partial charge in [-0.25, -0.2) is 4.39 Å². The summed E-state index contributed by atoms with van der Waals surface area (Å²) < 4.78 is 120. The number of halogens is 11. The molecule has 39 heavy (non-hydrogen) atoms. The van der Waals surface area contributed by atoms with Crippen LogP contribution in [0.1, 0.15) is 26.3 Å². The zero-order valence-corrected chi connectivity index (χ0v) is 22.0. The van der Waals surface area contributed by atoms with Gasteiger partial charge in [0.2, 0.25) is 0 Å². The van der Waals surface area contributed by atoms with E-state index in [1.165, 1.54) is 36.4 Å². The summed E-state index contributed by atoms with van der Waals surface area (Å²) in [5.41, 5.74) is -8.55. The first-order valence-electron chi connectivity index (χ1n) is 10.4. The Morgan fingerprint density at radius 2 is 1.15 bits per heavy atom. The minimum absolute atomic E-state index is 0.0115. The molecule has 2 N–H and O–H groups in total. The summed E-state index contributed by atoms with van der Waals surface area (Å²) in [4.78, 5) is 25.5. The highest BCUT2D eigenvalue weighted by Gasteiger charge is 2.81. The highest BCUT2D eigenvalue weighted by atomic mass is 79.9. The van der Waals surface area contributed by atoms with E-state index in [1.807, 2.05) is 0 Å². The van der Waals surface area contributed by atoms with Crippen LogP contribution in [-0.4, -0.2) is 30.1 Å². The number of hydrogen-bond donors (Lipinski definition) is 2. The molecule has 3 aromatic rings. The van der Waals surface area contributed by atoms with Gasteiger partial charge < -0.3 is 10.6 Å². The van der Waals surface area contributed by atoms with Gasteiger partial charge in [-0.15, -0.1) is 0 Å². The maximum Gasteiger partial charge on any atom is 0.457 e. The van der Waals surface area contributed by atoms with E-state index in [9.17, 15) is 49.1 Å². The molecule has 0 radical (unpaired) electrons. The number of rotatable bonds is 6. The Bertz CT molecular complexity index is 1370. The number of nitrogens with one attached hydrogen (secondary N) is 2. The topological polar surface area (TPSA) is 58.2 Å². The molecular formula is C24H13Br2F9N2O2. The van der Waals surface area contributed by atoms with Crippen LogP contribution in [0.25, 0.3) is 0 Å². The summed E-state index contributed by atoms with van der Waals surface area (Å²) >= 11 is 5.38. The van der Waals surface area contributed by atoms with E-state index < -0.39 is 56.0 Å². The number of amides is 2. The van der Waals surface area contributed by atoms with Gasteiger partial charge in [-0.2, -0.15) is 35.1 Å². The van der Waals surface area contributed by atoms with Crippen molar-refractivity contribution in [1.29, 1.82) is 0 Å². The van der Waals surface area contributed by atoms with Gasteiger partial charge in [0.15, 0.2) is 0 Å². The van der Waals surface area contributed by atoms with E-state index >= 15 is 0 Å². The molecule has 0 aliphatic rings. The fourth-order valence-electron chi connectivity index (χ4n) is 3.36. The van der Waals surface area contributed by atoms with E-state index in [4.69, 9.17) is 0 Å². The first-order chi connectivity index (χ1) is 17.9. The van der Waals surface area contributed by atoms with Crippen molar-refractivity contribution in [2.45, 2.75) is 23.9 Å². The molecule has 0 aromatic heterocycles. The fraction of sp³-hybridized carbons (Fsp3) is 0.167. The minimum Gasteiger partial charge on any atom is -0.321 e. The second-order valence-corrected chi connectivity index (χ2v) is 9.57. The summed E-state index contributed by atoms with van der Waals surface area (Å²) in [6, 6.07) is 13.5. The lowest BCUT2D eigenvalue weighted by molar-refractivity contribution is -0.389. The van der Waals surface area contributed by atoms with Gasteiger partial charge in [-0.05, 0) is 68.3 Å². The number of carbonyl (C=O) groups excluding carboxylic acids is 2. The highest BCUT2D eigenvalue weighted by Crippen LogP contribution is 2.59. The highest BCUT2D eigenvalue weighted by molar-refractivity contribution is 9.11. The van der Waals surface area contributed by atoms with Gasteiger partial charge in [0, 0.05) is 20.1 Å². The van der Waals surface area contributed by atoms with E-state index in [1.54, 1.807) is 18.2 Å². The smallest absolute Gasteiger partial charge is 0.321 e. The molecule has 0 saturated carbocycles. The first-order valence-corrected chi connectivity index (χ1v) is 12.0. The predicted molar refractivity (Wildman–Crippen MR) is 130 cm³/mol. The molecule has 0 heterocycles. The lowest BCUT2D eigenvalue weighted by atomic mass is 9.87. The summed E-state index contributed by atoms with van der Waals surface area (Å²) in [6.45, 7) is 0. The lowest BCUT2D eigenvalue weighted by Crippen LogP contribution is -2.59. The van der Waals surface area contributed by atoms with Crippen LogP contribution in [0.4, 0.5) is 50.9 Å². The number of para-hydroxylation sites is 1. The summed E-state index contributed by atoms with van der Waals surface area (Å²) in [7, 11) is 0. The zero-order chi connectivity index (χ0) is 29.4. The number of benzene rings is 3. The second-order valence-electron chi connectivity index (χ2n) is 7.86. The molecule has 0 aliphatic carbocycles. The van der Waals surface area contributed by atoms with E-state index in [-0.39, 0.29) is 28.9 Å². The van der Waals surface area contributed by atoms with Crippen molar-refractivity contribution in [1.82, 2.24) is 0 Å². The standard InChI is InChI=1S/C24H13Br2F9N2O2/c25-15-10-13(21(27,23(30,31)32)22(28,29)24(33,34)35)11-16(26)18(15)37-20(39)14-8-4-5-9-17(14)36-19(38)12-6-2-1-3-7-12/h1-11H,(H,36,38)(H,37,39). The SMILES string of the molecule is O=C(Nc1ccccc1C(=O)Nc1c(Br)cc(C(F)(C(F)(F)F)C(F)(F)C(F)(F)F)cc1Br)c1ccccc1. The van der Waals surface area contributed by atoms with Crippen LogP contribution < -0.4 is 10.6 Å². The molecule has 3 rings (SSSR count). The van der Waals surface area contributed by atoms with Crippen LogP contribution in [0.15, 0.2) is 75.7 Å². The Morgan fingerprint density at radius 1 is 0.641 bits per heavy atom. The van der Waals surface area contributed by atoms with Gasteiger partial charge in [0.1, 0.15) is 0 Å². The van der Waals surface area contributed by atoms with Crippen molar-refractivity contribution in [2.24, 2.45) is 0 Å². The van der Waals surface area contributed by atoms with Gasteiger partial charge >= 0.3 is 23.9 Å². The predicted octanol–water partition coefficient (Wildman–Crippen LogP) is 8.64. The molecule has 2 amide bonds. The molecule has 4 nitrogen and oxygen atoms in total. The van der Waals surface area contributed by atoms with Gasteiger partial charge in [-0.3, -0.25) is 9.59 Å². The number of hydrogen-bond acceptors (Lipinski definition) is 2. The zero-order valence-electron chi connectivity index (χ0n) is 18.8. The second kappa shape index (κ2) is 10.8. The molecule has 208 valence electrons. The summed E-state index contributed by atoms with van der Waals surface area (Å²) in [5, 5.41) is 4.75. The van der Waals surface area contributed by atoms with E-state index in [2.05, 4.69) is 42.5 Å². The molecule has 0 spiro atoms. The van der Waals surface area contributed by atoms with Crippen molar-refractivity contribution >= 4 is 55.0 Å². The Balaban J connectivity index is 1.98.